The smallest absolute Gasteiger partial charge is 0.372 e. The highest BCUT2D eigenvalue weighted by Gasteiger charge is 2.37. The maximum atomic E-state index is 12.9. The standard InChI is InChI=1S/C13H15F3N2O/c1-2-8-19-10-5-7-18(9-10)12-11(13(14,15)16)4-3-6-17-12/h2-4,6,10H,1,5,7-9H2. The zero-order valence-corrected chi connectivity index (χ0v) is 10.4. The first-order valence-electron chi connectivity index (χ1n) is 6.02. The Bertz CT molecular complexity index is 448. The van der Waals surface area contributed by atoms with Crippen LogP contribution in [0.4, 0.5) is 19.0 Å². The van der Waals surface area contributed by atoms with Gasteiger partial charge in [0.25, 0.3) is 0 Å². The Morgan fingerprint density at radius 2 is 2.32 bits per heavy atom. The minimum absolute atomic E-state index is 0.0142. The monoisotopic (exact) mass is 272 g/mol. The SMILES string of the molecule is C=CCOC1CCN(c2ncccc2C(F)(F)F)C1. The molecule has 2 heterocycles. The Balaban J connectivity index is 2.13. The largest absolute Gasteiger partial charge is 0.419 e. The molecule has 104 valence electrons. The van der Waals surface area contributed by atoms with Gasteiger partial charge in [-0.15, -0.1) is 6.58 Å². The van der Waals surface area contributed by atoms with Crippen LogP contribution in [0.3, 0.4) is 0 Å². The molecule has 1 aliphatic heterocycles. The number of nitrogens with zero attached hydrogens (tertiary/aromatic N) is 2. The van der Waals surface area contributed by atoms with Crippen LogP contribution in [0.25, 0.3) is 0 Å². The van der Waals surface area contributed by atoms with Gasteiger partial charge in [-0.3, -0.25) is 0 Å². The summed E-state index contributed by atoms with van der Waals surface area (Å²) in [6.07, 6.45) is -0.751. The van der Waals surface area contributed by atoms with Crippen molar-refractivity contribution in [3.8, 4) is 0 Å². The second-order valence-electron chi connectivity index (χ2n) is 4.35. The fraction of sp³-hybridized carbons (Fsp3) is 0.462. The van der Waals surface area contributed by atoms with Crippen molar-refractivity contribution in [2.45, 2.75) is 18.7 Å². The number of halogens is 3. The maximum Gasteiger partial charge on any atom is 0.419 e. The van der Waals surface area contributed by atoms with Crippen LogP contribution in [0.5, 0.6) is 0 Å². The second-order valence-corrected chi connectivity index (χ2v) is 4.35. The summed E-state index contributed by atoms with van der Waals surface area (Å²) in [6, 6.07) is 2.36. The highest BCUT2D eigenvalue weighted by molar-refractivity contribution is 5.49. The lowest BCUT2D eigenvalue weighted by atomic mass is 10.2. The summed E-state index contributed by atoms with van der Waals surface area (Å²) in [5, 5.41) is 0. The Kier molecular flexibility index (Phi) is 4.09. The van der Waals surface area contributed by atoms with Gasteiger partial charge in [-0.25, -0.2) is 4.98 Å². The molecule has 0 N–H and O–H groups in total. The van der Waals surface area contributed by atoms with E-state index >= 15 is 0 Å². The average Bonchev–Trinajstić information content (AvgIpc) is 2.84. The lowest BCUT2D eigenvalue weighted by Crippen LogP contribution is -2.26. The number of alkyl halides is 3. The minimum atomic E-state index is -4.39. The highest BCUT2D eigenvalue weighted by atomic mass is 19.4. The van der Waals surface area contributed by atoms with Gasteiger partial charge in [0.15, 0.2) is 0 Å². The lowest BCUT2D eigenvalue weighted by Gasteiger charge is -2.21. The molecule has 0 radical (unpaired) electrons. The predicted molar refractivity (Wildman–Crippen MR) is 66.0 cm³/mol. The molecule has 0 aromatic carbocycles. The summed E-state index contributed by atoms with van der Waals surface area (Å²) in [5.41, 5.74) is -0.695. The summed E-state index contributed by atoms with van der Waals surface area (Å²) in [6.45, 7) is 4.90. The van der Waals surface area contributed by atoms with Crippen molar-refractivity contribution in [3.05, 3.63) is 36.5 Å². The molecule has 0 amide bonds. The molecule has 1 aliphatic rings. The molecule has 2 rings (SSSR count). The van der Waals surface area contributed by atoms with Gasteiger partial charge in [0.05, 0.1) is 18.3 Å². The van der Waals surface area contributed by atoms with Crippen LogP contribution < -0.4 is 4.90 Å². The topological polar surface area (TPSA) is 25.4 Å². The first-order chi connectivity index (χ1) is 9.02. The quantitative estimate of drug-likeness (QED) is 0.788. The minimum Gasteiger partial charge on any atom is -0.372 e. The number of anilines is 1. The van der Waals surface area contributed by atoms with Gasteiger partial charge in [0, 0.05) is 19.3 Å². The van der Waals surface area contributed by atoms with Crippen molar-refractivity contribution in [3.63, 3.8) is 0 Å². The van der Waals surface area contributed by atoms with E-state index in [-0.39, 0.29) is 11.9 Å². The average molecular weight is 272 g/mol. The van der Waals surface area contributed by atoms with Crippen LogP contribution in [0.1, 0.15) is 12.0 Å². The Morgan fingerprint density at radius 1 is 1.53 bits per heavy atom. The molecule has 0 bridgehead atoms. The Labute approximate surface area is 109 Å². The summed E-state index contributed by atoms with van der Waals surface area (Å²) in [5.74, 6) is -0.0142. The molecular formula is C13H15F3N2O. The first-order valence-corrected chi connectivity index (χ1v) is 6.02. The van der Waals surface area contributed by atoms with Crippen LogP contribution in [0.15, 0.2) is 31.0 Å². The van der Waals surface area contributed by atoms with Crippen molar-refractivity contribution in [1.82, 2.24) is 4.98 Å². The predicted octanol–water partition coefficient (Wildman–Crippen LogP) is 2.88. The number of rotatable bonds is 4. The van der Waals surface area contributed by atoms with Crippen molar-refractivity contribution < 1.29 is 17.9 Å². The van der Waals surface area contributed by atoms with Gasteiger partial charge in [0.1, 0.15) is 5.82 Å². The van der Waals surface area contributed by atoms with E-state index in [2.05, 4.69) is 11.6 Å². The molecule has 0 saturated carbocycles. The second kappa shape index (κ2) is 5.61. The molecule has 1 atom stereocenters. The summed E-state index contributed by atoms with van der Waals surface area (Å²) in [7, 11) is 0. The fourth-order valence-corrected chi connectivity index (χ4v) is 2.13. The molecule has 6 heteroatoms. The molecule has 19 heavy (non-hydrogen) atoms. The van der Waals surface area contributed by atoms with Crippen LogP contribution in [-0.2, 0) is 10.9 Å². The zero-order valence-electron chi connectivity index (χ0n) is 10.4. The van der Waals surface area contributed by atoms with Gasteiger partial charge in [0.2, 0.25) is 0 Å². The van der Waals surface area contributed by atoms with E-state index in [4.69, 9.17) is 4.74 Å². The van der Waals surface area contributed by atoms with Crippen molar-refractivity contribution >= 4 is 5.82 Å². The van der Waals surface area contributed by atoms with E-state index in [1.54, 1.807) is 11.0 Å². The van der Waals surface area contributed by atoms with E-state index in [9.17, 15) is 13.2 Å². The summed E-state index contributed by atoms with van der Waals surface area (Å²) in [4.78, 5) is 5.49. The Morgan fingerprint density at radius 3 is 3.00 bits per heavy atom. The van der Waals surface area contributed by atoms with Gasteiger partial charge < -0.3 is 9.64 Å². The maximum absolute atomic E-state index is 12.9. The Hall–Kier alpha value is -1.56. The summed E-state index contributed by atoms with van der Waals surface area (Å²) >= 11 is 0. The van der Waals surface area contributed by atoms with E-state index in [0.29, 0.717) is 26.1 Å². The van der Waals surface area contributed by atoms with Gasteiger partial charge in [-0.1, -0.05) is 6.08 Å². The van der Waals surface area contributed by atoms with Crippen LogP contribution in [0.2, 0.25) is 0 Å². The third kappa shape index (κ3) is 3.26. The zero-order chi connectivity index (χ0) is 13.9. The molecule has 1 fully saturated rings. The van der Waals surface area contributed by atoms with Gasteiger partial charge in [-0.2, -0.15) is 13.2 Å². The third-order valence-corrected chi connectivity index (χ3v) is 2.99. The third-order valence-electron chi connectivity index (χ3n) is 2.99. The van der Waals surface area contributed by atoms with E-state index in [0.717, 1.165) is 6.07 Å². The molecule has 1 aromatic heterocycles. The van der Waals surface area contributed by atoms with Gasteiger partial charge in [-0.05, 0) is 18.6 Å². The molecule has 0 aliphatic carbocycles. The number of pyridine rings is 1. The van der Waals surface area contributed by atoms with Crippen LogP contribution in [-0.4, -0.2) is 30.8 Å². The fourth-order valence-electron chi connectivity index (χ4n) is 2.13. The summed E-state index contributed by atoms with van der Waals surface area (Å²) < 4.78 is 44.1. The van der Waals surface area contributed by atoms with Gasteiger partial charge >= 0.3 is 6.18 Å². The molecule has 1 aromatic rings. The lowest BCUT2D eigenvalue weighted by molar-refractivity contribution is -0.137. The highest BCUT2D eigenvalue weighted by Crippen LogP contribution is 2.36. The molecule has 1 saturated heterocycles. The molecule has 1 unspecified atom stereocenters. The molecular weight excluding hydrogens is 257 g/mol. The molecule has 0 spiro atoms. The van der Waals surface area contributed by atoms with E-state index < -0.39 is 11.7 Å². The number of hydrogen-bond acceptors (Lipinski definition) is 3. The number of ether oxygens (including phenoxy) is 1. The van der Waals surface area contributed by atoms with Crippen molar-refractivity contribution in [2.75, 3.05) is 24.6 Å². The normalized spacial score (nSPS) is 19.7. The first kappa shape index (κ1) is 13.9. The number of aromatic nitrogens is 1. The molecule has 3 nitrogen and oxygen atoms in total. The van der Waals surface area contributed by atoms with Crippen LogP contribution in [0, 0.1) is 0 Å². The van der Waals surface area contributed by atoms with E-state index in [1.807, 2.05) is 0 Å². The van der Waals surface area contributed by atoms with E-state index in [1.165, 1.54) is 12.3 Å². The van der Waals surface area contributed by atoms with Crippen molar-refractivity contribution in [2.24, 2.45) is 0 Å². The van der Waals surface area contributed by atoms with Crippen LogP contribution >= 0.6 is 0 Å². The number of hydrogen-bond donors (Lipinski definition) is 0. The van der Waals surface area contributed by atoms with Crippen molar-refractivity contribution in [1.29, 1.82) is 0 Å².